The molecule has 1 aromatic rings. The number of amides is 1. The number of anilines is 1. The van der Waals surface area contributed by atoms with Crippen molar-refractivity contribution in [2.24, 2.45) is 0 Å². The molecule has 7 heteroatoms. The molecule has 17 heavy (non-hydrogen) atoms. The normalized spacial score (nSPS) is 23.8. The van der Waals surface area contributed by atoms with E-state index in [4.69, 9.17) is 4.42 Å². The van der Waals surface area contributed by atoms with E-state index in [1.54, 1.807) is 0 Å². The Morgan fingerprint density at radius 3 is 2.94 bits per heavy atom. The number of carbonyl (C=O) groups is 1. The Morgan fingerprint density at radius 1 is 1.35 bits per heavy atom. The third kappa shape index (κ3) is 2.73. The van der Waals surface area contributed by atoms with Gasteiger partial charge in [0.25, 0.3) is 0 Å². The van der Waals surface area contributed by atoms with Crippen molar-refractivity contribution in [1.29, 1.82) is 0 Å². The van der Waals surface area contributed by atoms with Gasteiger partial charge in [-0.15, -0.1) is 5.10 Å². The summed E-state index contributed by atoms with van der Waals surface area (Å²) in [5.41, 5.74) is 0. The van der Waals surface area contributed by atoms with Gasteiger partial charge in [0, 0.05) is 19.0 Å². The zero-order valence-electron chi connectivity index (χ0n) is 9.40. The molecule has 1 amide bonds. The Morgan fingerprint density at radius 2 is 2.24 bits per heavy atom. The summed E-state index contributed by atoms with van der Waals surface area (Å²) in [7, 11) is 0. The van der Waals surface area contributed by atoms with Crippen LogP contribution in [0, 0.1) is 0 Å². The van der Waals surface area contributed by atoms with Crippen LogP contribution < -0.4 is 16.0 Å². The molecule has 2 fully saturated rings. The molecule has 1 unspecified atom stereocenters. The zero-order chi connectivity index (χ0) is 11.7. The van der Waals surface area contributed by atoms with Crippen LogP contribution in [0.25, 0.3) is 0 Å². The van der Waals surface area contributed by atoms with Crippen LogP contribution in [0.1, 0.15) is 25.2 Å². The number of hydrogen-bond acceptors (Lipinski definition) is 6. The van der Waals surface area contributed by atoms with Crippen LogP contribution in [0.5, 0.6) is 0 Å². The molecule has 1 saturated carbocycles. The predicted molar refractivity (Wildman–Crippen MR) is 59.2 cm³/mol. The van der Waals surface area contributed by atoms with E-state index in [-0.39, 0.29) is 11.9 Å². The molecule has 1 atom stereocenters. The summed E-state index contributed by atoms with van der Waals surface area (Å²) in [6.45, 7) is 1.22. The molecule has 7 nitrogen and oxygen atoms in total. The number of carbonyl (C=O) groups excluding carboxylic acids is 1. The Bertz CT molecular complexity index is 415. The van der Waals surface area contributed by atoms with Gasteiger partial charge in [0.05, 0.1) is 12.6 Å². The number of aromatic nitrogens is 2. The Balaban J connectivity index is 1.50. The molecule has 3 rings (SSSR count). The van der Waals surface area contributed by atoms with Crippen molar-refractivity contribution < 1.29 is 9.21 Å². The van der Waals surface area contributed by atoms with Crippen molar-refractivity contribution in [2.45, 2.75) is 37.9 Å². The predicted octanol–water partition coefficient (Wildman–Crippen LogP) is -0.378. The van der Waals surface area contributed by atoms with Gasteiger partial charge in [0.15, 0.2) is 0 Å². The molecule has 1 saturated heterocycles. The molecule has 3 N–H and O–H groups in total. The van der Waals surface area contributed by atoms with E-state index >= 15 is 0 Å². The standard InChI is InChI=1S/C10H15N5O2/c16-8-3-7(4-12-8)13-10-15-14-9(17-10)5-11-6-1-2-6/h6-7,11H,1-5H2,(H,12,16)(H,13,15). The van der Waals surface area contributed by atoms with Gasteiger partial charge in [0.2, 0.25) is 11.8 Å². The maximum absolute atomic E-state index is 11.0. The SMILES string of the molecule is O=C1CC(Nc2nnc(CNC3CC3)o2)CN1. The van der Waals surface area contributed by atoms with Crippen molar-refractivity contribution >= 4 is 11.9 Å². The van der Waals surface area contributed by atoms with Crippen LogP contribution in [-0.4, -0.2) is 34.7 Å². The Kier molecular flexibility index (Phi) is 2.68. The summed E-state index contributed by atoms with van der Waals surface area (Å²) in [6, 6.07) is 1.06. The summed E-state index contributed by atoms with van der Waals surface area (Å²) < 4.78 is 5.42. The summed E-state index contributed by atoms with van der Waals surface area (Å²) in [5, 5.41) is 16.9. The quantitative estimate of drug-likeness (QED) is 0.646. The van der Waals surface area contributed by atoms with E-state index in [0.717, 1.165) is 0 Å². The lowest BCUT2D eigenvalue weighted by Gasteiger charge is -2.05. The van der Waals surface area contributed by atoms with E-state index in [1.165, 1.54) is 12.8 Å². The second-order valence-electron chi connectivity index (χ2n) is 4.51. The first-order chi connectivity index (χ1) is 8.29. The van der Waals surface area contributed by atoms with Gasteiger partial charge in [-0.05, 0) is 12.8 Å². The maximum atomic E-state index is 11.0. The number of hydrogen-bond donors (Lipinski definition) is 3. The number of rotatable bonds is 5. The third-order valence-electron chi connectivity index (χ3n) is 2.89. The topological polar surface area (TPSA) is 92.1 Å². The average Bonchev–Trinajstić information content (AvgIpc) is 2.90. The van der Waals surface area contributed by atoms with E-state index in [0.29, 0.717) is 37.5 Å². The molecular weight excluding hydrogens is 222 g/mol. The first-order valence-corrected chi connectivity index (χ1v) is 5.88. The lowest BCUT2D eigenvalue weighted by molar-refractivity contribution is -0.119. The fraction of sp³-hybridized carbons (Fsp3) is 0.700. The van der Waals surface area contributed by atoms with E-state index in [9.17, 15) is 4.79 Å². The summed E-state index contributed by atoms with van der Waals surface area (Å²) in [4.78, 5) is 11.0. The van der Waals surface area contributed by atoms with Crippen LogP contribution in [0.15, 0.2) is 4.42 Å². The first kappa shape index (κ1) is 10.5. The van der Waals surface area contributed by atoms with Crippen molar-refractivity contribution in [2.75, 3.05) is 11.9 Å². The average molecular weight is 237 g/mol. The van der Waals surface area contributed by atoms with Crippen LogP contribution in [-0.2, 0) is 11.3 Å². The molecule has 0 radical (unpaired) electrons. The van der Waals surface area contributed by atoms with Gasteiger partial charge >= 0.3 is 6.01 Å². The monoisotopic (exact) mass is 237 g/mol. The van der Waals surface area contributed by atoms with Gasteiger partial charge in [0.1, 0.15) is 0 Å². The molecule has 2 heterocycles. The molecule has 2 aliphatic rings. The maximum Gasteiger partial charge on any atom is 0.315 e. The molecule has 0 bridgehead atoms. The molecular formula is C10H15N5O2. The third-order valence-corrected chi connectivity index (χ3v) is 2.89. The largest absolute Gasteiger partial charge is 0.407 e. The van der Waals surface area contributed by atoms with Gasteiger partial charge < -0.3 is 20.4 Å². The van der Waals surface area contributed by atoms with Crippen LogP contribution in [0.4, 0.5) is 6.01 Å². The highest BCUT2D eigenvalue weighted by molar-refractivity contribution is 5.79. The fourth-order valence-corrected chi connectivity index (χ4v) is 1.78. The molecule has 1 aliphatic carbocycles. The molecule has 1 aromatic heterocycles. The van der Waals surface area contributed by atoms with E-state index < -0.39 is 0 Å². The van der Waals surface area contributed by atoms with Gasteiger partial charge in [-0.25, -0.2) is 0 Å². The minimum atomic E-state index is 0.0483. The minimum absolute atomic E-state index is 0.0483. The van der Waals surface area contributed by atoms with Gasteiger partial charge in [-0.3, -0.25) is 4.79 Å². The zero-order valence-corrected chi connectivity index (χ0v) is 9.40. The summed E-state index contributed by atoms with van der Waals surface area (Å²) in [5.74, 6) is 0.634. The first-order valence-electron chi connectivity index (χ1n) is 5.88. The lowest BCUT2D eigenvalue weighted by atomic mass is 10.3. The van der Waals surface area contributed by atoms with Crippen molar-refractivity contribution in [3.05, 3.63) is 5.89 Å². The van der Waals surface area contributed by atoms with Crippen LogP contribution >= 0.6 is 0 Å². The van der Waals surface area contributed by atoms with Crippen molar-refractivity contribution in [1.82, 2.24) is 20.8 Å². The minimum Gasteiger partial charge on any atom is -0.407 e. The lowest BCUT2D eigenvalue weighted by Crippen LogP contribution is -2.22. The molecule has 0 spiro atoms. The fourth-order valence-electron chi connectivity index (χ4n) is 1.78. The van der Waals surface area contributed by atoms with E-state index in [2.05, 4.69) is 26.1 Å². The second-order valence-corrected chi connectivity index (χ2v) is 4.51. The summed E-state index contributed by atoms with van der Waals surface area (Å²) >= 11 is 0. The molecule has 92 valence electrons. The van der Waals surface area contributed by atoms with Crippen molar-refractivity contribution in [3.63, 3.8) is 0 Å². The van der Waals surface area contributed by atoms with E-state index in [1.807, 2.05) is 0 Å². The number of nitrogens with one attached hydrogen (secondary N) is 3. The highest BCUT2D eigenvalue weighted by Crippen LogP contribution is 2.19. The van der Waals surface area contributed by atoms with Crippen LogP contribution in [0.2, 0.25) is 0 Å². The molecule has 0 aromatic carbocycles. The number of nitrogens with zero attached hydrogens (tertiary/aromatic N) is 2. The van der Waals surface area contributed by atoms with Gasteiger partial charge in [-0.2, -0.15) is 0 Å². The highest BCUT2D eigenvalue weighted by atomic mass is 16.4. The Hall–Kier alpha value is -1.63. The Labute approximate surface area is 98.4 Å². The smallest absolute Gasteiger partial charge is 0.315 e. The molecule has 1 aliphatic heterocycles. The highest BCUT2D eigenvalue weighted by Gasteiger charge is 2.23. The second kappa shape index (κ2) is 4.33. The summed E-state index contributed by atoms with van der Waals surface area (Å²) in [6.07, 6.45) is 2.92. The van der Waals surface area contributed by atoms with Gasteiger partial charge in [-0.1, -0.05) is 5.10 Å². The van der Waals surface area contributed by atoms with Crippen molar-refractivity contribution in [3.8, 4) is 0 Å². The van der Waals surface area contributed by atoms with Crippen LogP contribution in [0.3, 0.4) is 0 Å².